The molecule has 1 aliphatic heterocycles. The fourth-order valence-electron chi connectivity index (χ4n) is 3.30. The van der Waals surface area contributed by atoms with Crippen molar-refractivity contribution in [2.75, 3.05) is 61.1 Å². The van der Waals surface area contributed by atoms with Gasteiger partial charge >= 0.3 is 0 Å². The normalized spacial score (nSPS) is 15.7. The van der Waals surface area contributed by atoms with Crippen LogP contribution in [-0.4, -0.2) is 88.8 Å². The summed E-state index contributed by atoms with van der Waals surface area (Å²) in [7, 11) is 6.91. The Bertz CT molecular complexity index is 655. The fourth-order valence-corrected chi connectivity index (χ4v) is 3.30. The molecule has 30 heavy (non-hydrogen) atoms. The highest BCUT2D eigenvalue weighted by Gasteiger charge is 2.20. The number of guanidine groups is 1. The number of methoxy groups -OCH3 is 2. The van der Waals surface area contributed by atoms with Crippen molar-refractivity contribution in [3.05, 3.63) is 29.8 Å². The van der Waals surface area contributed by atoms with E-state index in [9.17, 15) is 4.79 Å². The molecule has 1 aromatic carbocycles. The number of rotatable bonds is 10. The van der Waals surface area contributed by atoms with E-state index in [0.29, 0.717) is 18.5 Å². The first-order valence-electron chi connectivity index (χ1n) is 10.6. The van der Waals surface area contributed by atoms with Crippen molar-refractivity contribution in [2.24, 2.45) is 4.99 Å². The largest absolute Gasteiger partial charge is 0.497 e. The standard InChI is InChI=1S/C22H37N5O3/c1-26(2)21(28)17-24-22(23-16-18-6-8-20(30-4)9-7-18)25-19-10-13-27(14-11-19)12-5-15-29-3/h6-9,19H,5,10-17H2,1-4H3,(H2,23,24,25). The Kier molecular flexibility index (Phi) is 10.4. The quantitative estimate of drug-likeness (QED) is 0.338. The highest BCUT2D eigenvalue weighted by atomic mass is 16.5. The molecule has 0 aliphatic carbocycles. The molecule has 0 bridgehead atoms. The van der Waals surface area contributed by atoms with Gasteiger partial charge in [0.1, 0.15) is 5.75 Å². The predicted octanol–water partition coefficient (Wildman–Crippen LogP) is 1.32. The molecule has 2 N–H and O–H groups in total. The van der Waals surface area contributed by atoms with Crippen molar-refractivity contribution in [3.63, 3.8) is 0 Å². The summed E-state index contributed by atoms with van der Waals surface area (Å²) in [6.45, 7) is 4.76. The van der Waals surface area contributed by atoms with Crippen LogP contribution in [-0.2, 0) is 16.1 Å². The molecule has 0 saturated carbocycles. The number of hydrogen-bond acceptors (Lipinski definition) is 5. The topological polar surface area (TPSA) is 78.4 Å². The average molecular weight is 420 g/mol. The number of benzene rings is 1. The van der Waals surface area contributed by atoms with Gasteiger partial charge in [-0.2, -0.15) is 0 Å². The molecule has 0 unspecified atom stereocenters. The third-order valence-corrected chi connectivity index (χ3v) is 5.24. The maximum Gasteiger partial charge on any atom is 0.241 e. The molecule has 2 rings (SSSR count). The van der Waals surface area contributed by atoms with Crippen molar-refractivity contribution in [2.45, 2.75) is 31.8 Å². The van der Waals surface area contributed by atoms with Crippen molar-refractivity contribution >= 4 is 11.9 Å². The van der Waals surface area contributed by atoms with Crippen LogP contribution in [0.5, 0.6) is 5.75 Å². The van der Waals surface area contributed by atoms with Gasteiger partial charge in [0.15, 0.2) is 5.96 Å². The van der Waals surface area contributed by atoms with E-state index in [1.165, 1.54) is 0 Å². The number of nitrogens with one attached hydrogen (secondary N) is 2. The molecular weight excluding hydrogens is 382 g/mol. The van der Waals surface area contributed by atoms with E-state index in [2.05, 4.69) is 15.5 Å². The summed E-state index contributed by atoms with van der Waals surface area (Å²) in [6, 6.07) is 8.22. The van der Waals surface area contributed by atoms with Crippen LogP contribution < -0.4 is 15.4 Å². The molecule has 0 atom stereocenters. The summed E-state index contributed by atoms with van der Waals surface area (Å²) in [5.41, 5.74) is 1.09. The molecule has 1 heterocycles. The first kappa shape index (κ1) is 24.0. The molecule has 8 nitrogen and oxygen atoms in total. The lowest BCUT2D eigenvalue weighted by atomic mass is 10.1. The minimum absolute atomic E-state index is 0.0157. The minimum atomic E-state index is 0.0157. The lowest BCUT2D eigenvalue weighted by molar-refractivity contribution is -0.127. The zero-order valence-corrected chi connectivity index (χ0v) is 18.8. The van der Waals surface area contributed by atoms with Crippen LogP contribution in [0.15, 0.2) is 29.3 Å². The molecule has 0 radical (unpaired) electrons. The Balaban J connectivity index is 1.91. The van der Waals surface area contributed by atoms with Gasteiger partial charge in [-0.05, 0) is 37.0 Å². The third kappa shape index (κ3) is 8.59. The van der Waals surface area contributed by atoms with Gasteiger partial charge in [0.05, 0.1) is 20.2 Å². The summed E-state index contributed by atoms with van der Waals surface area (Å²) in [6.07, 6.45) is 3.17. The van der Waals surface area contributed by atoms with Crippen molar-refractivity contribution in [1.82, 2.24) is 20.4 Å². The number of nitrogens with zero attached hydrogens (tertiary/aromatic N) is 3. The number of aliphatic imine (C=N–C) groups is 1. The number of amides is 1. The van der Waals surface area contributed by atoms with Gasteiger partial charge in [-0.15, -0.1) is 0 Å². The number of hydrogen-bond donors (Lipinski definition) is 2. The smallest absolute Gasteiger partial charge is 0.241 e. The second-order valence-corrected chi connectivity index (χ2v) is 7.76. The summed E-state index contributed by atoms with van der Waals surface area (Å²) in [4.78, 5) is 20.8. The maximum absolute atomic E-state index is 12.0. The summed E-state index contributed by atoms with van der Waals surface area (Å²) >= 11 is 0. The molecule has 1 saturated heterocycles. The summed E-state index contributed by atoms with van der Waals surface area (Å²) in [5.74, 6) is 1.52. The lowest BCUT2D eigenvalue weighted by Gasteiger charge is -2.33. The van der Waals surface area contributed by atoms with Crippen LogP contribution in [0.25, 0.3) is 0 Å². The molecule has 8 heteroatoms. The Labute approximate surface area is 180 Å². The predicted molar refractivity (Wildman–Crippen MR) is 120 cm³/mol. The number of ether oxygens (including phenoxy) is 2. The van der Waals surface area contributed by atoms with Gasteiger partial charge in [-0.1, -0.05) is 12.1 Å². The van der Waals surface area contributed by atoms with Gasteiger partial charge < -0.3 is 29.9 Å². The number of carbonyl (C=O) groups is 1. The summed E-state index contributed by atoms with van der Waals surface area (Å²) in [5, 5.41) is 6.71. The fraction of sp³-hybridized carbons (Fsp3) is 0.636. The number of likely N-dealkylation sites (tertiary alicyclic amines) is 1. The average Bonchev–Trinajstić information content (AvgIpc) is 2.77. The second kappa shape index (κ2) is 13.1. The van der Waals surface area contributed by atoms with Crippen molar-refractivity contribution in [1.29, 1.82) is 0 Å². The van der Waals surface area contributed by atoms with Crippen LogP contribution in [0.4, 0.5) is 0 Å². The van der Waals surface area contributed by atoms with E-state index in [4.69, 9.17) is 14.5 Å². The molecule has 1 aromatic rings. The second-order valence-electron chi connectivity index (χ2n) is 7.76. The van der Waals surface area contributed by atoms with Crippen LogP contribution >= 0.6 is 0 Å². The van der Waals surface area contributed by atoms with E-state index < -0.39 is 0 Å². The van der Waals surface area contributed by atoms with E-state index >= 15 is 0 Å². The first-order valence-corrected chi connectivity index (χ1v) is 10.6. The van der Waals surface area contributed by atoms with E-state index in [-0.39, 0.29) is 12.5 Å². The Morgan fingerprint density at radius 3 is 2.50 bits per heavy atom. The molecule has 1 amide bonds. The van der Waals surface area contributed by atoms with Gasteiger partial charge in [0.25, 0.3) is 0 Å². The molecule has 1 aliphatic rings. The van der Waals surface area contributed by atoms with Crippen LogP contribution in [0.3, 0.4) is 0 Å². The molecule has 0 aromatic heterocycles. The Morgan fingerprint density at radius 2 is 1.90 bits per heavy atom. The highest BCUT2D eigenvalue weighted by molar-refractivity contribution is 5.86. The van der Waals surface area contributed by atoms with Gasteiger partial charge in [0.2, 0.25) is 5.91 Å². The van der Waals surface area contributed by atoms with Gasteiger partial charge in [-0.25, -0.2) is 4.99 Å². The Morgan fingerprint density at radius 1 is 1.20 bits per heavy atom. The van der Waals surface area contributed by atoms with Crippen molar-refractivity contribution in [3.8, 4) is 5.75 Å². The van der Waals surface area contributed by atoms with Crippen LogP contribution in [0, 0.1) is 0 Å². The van der Waals surface area contributed by atoms with Crippen LogP contribution in [0.2, 0.25) is 0 Å². The monoisotopic (exact) mass is 419 g/mol. The Hall–Kier alpha value is -2.32. The zero-order chi connectivity index (χ0) is 21.8. The number of likely N-dealkylation sites (N-methyl/N-ethyl adjacent to an activating group) is 1. The molecule has 1 fully saturated rings. The maximum atomic E-state index is 12.0. The highest BCUT2D eigenvalue weighted by Crippen LogP contribution is 2.13. The molecular formula is C22H37N5O3. The van der Waals surface area contributed by atoms with Gasteiger partial charge in [-0.3, -0.25) is 4.79 Å². The van der Waals surface area contributed by atoms with E-state index in [1.54, 1.807) is 33.2 Å². The van der Waals surface area contributed by atoms with Crippen molar-refractivity contribution < 1.29 is 14.3 Å². The van der Waals surface area contributed by atoms with Gasteiger partial charge in [0, 0.05) is 53.5 Å². The van der Waals surface area contributed by atoms with E-state index in [0.717, 1.165) is 56.8 Å². The molecule has 0 spiro atoms. The first-order chi connectivity index (χ1) is 14.5. The summed E-state index contributed by atoms with van der Waals surface area (Å²) < 4.78 is 10.4. The van der Waals surface area contributed by atoms with E-state index in [1.807, 2.05) is 24.3 Å². The lowest BCUT2D eigenvalue weighted by Crippen LogP contribution is -2.50. The minimum Gasteiger partial charge on any atom is -0.497 e. The molecule has 168 valence electrons. The zero-order valence-electron chi connectivity index (χ0n) is 18.8. The number of piperidine rings is 1. The SMILES string of the molecule is COCCCN1CCC(NC(=NCc2ccc(OC)cc2)NCC(=O)N(C)C)CC1. The van der Waals surface area contributed by atoms with Crippen LogP contribution in [0.1, 0.15) is 24.8 Å². The third-order valence-electron chi connectivity index (χ3n) is 5.24. The number of carbonyl (C=O) groups excluding carboxylic acids is 1.